The molecule has 1 saturated heterocycles. The molecule has 2 heterocycles. The van der Waals surface area contributed by atoms with Gasteiger partial charge < -0.3 is 4.90 Å². The number of anilines is 1. The van der Waals surface area contributed by atoms with Crippen molar-refractivity contribution in [2.24, 2.45) is 5.92 Å². The highest BCUT2D eigenvalue weighted by atomic mass is 15.2. The molecular weight excluding hydrogens is 160 g/mol. The van der Waals surface area contributed by atoms with Gasteiger partial charge in [-0.15, -0.1) is 0 Å². The first kappa shape index (κ1) is 8.54. The molecule has 0 spiro atoms. The summed E-state index contributed by atoms with van der Waals surface area (Å²) in [6, 6.07) is 5.91. The zero-order valence-electron chi connectivity index (χ0n) is 8.03. The van der Waals surface area contributed by atoms with Crippen LogP contribution in [0.2, 0.25) is 0 Å². The van der Waals surface area contributed by atoms with Gasteiger partial charge in [-0.3, -0.25) is 0 Å². The fourth-order valence-electron chi connectivity index (χ4n) is 1.89. The average Bonchev–Trinajstić information content (AvgIpc) is 2.19. The van der Waals surface area contributed by atoms with Crippen LogP contribution in [-0.4, -0.2) is 18.1 Å². The summed E-state index contributed by atoms with van der Waals surface area (Å²) in [5.41, 5.74) is 0. The summed E-state index contributed by atoms with van der Waals surface area (Å²) >= 11 is 0. The van der Waals surface area contributed by atoms with Crippen molar-refractivity contribution >= 4 is 5.82 Å². The van der Waals surface area contributed by atoms with E-state index in [2.05, 4.69) is 29.1 Å². The fourth-order valence-corrected chi connectivity index (χ4v) is 1.89. The monoisotopic (exact) mass is 175 g/mol. The van der Waals surface area contributed by atoms with E-state index >= 15 is 0 Å². The minimum Gasteiger partial charge on any atom is -0.356 e. The summed E-state index contributed by atoms with van der Waals surface area (Å²) in [7, 11) is 0. The standard InChI is InChI=1S/C11H15N2/c1-10-5-4-8-13(9-10)11-6-2-3-7-12-11/h2-3,6,10H,4-5,8-9H2,1H3. The van der Waals surface area contributed by atoms with Crippen LogP contribution in [0.15, 0.2) is 18.2 Å². The van der Waals surface area contributed by atoms with E-state index in [4.69, 9.17) is 0 Å². The second-order valence-electron chi connectivity index (χ2n) is 3.82. The third kappa shape index (κ3) is 2.00. The summed E-state index contributed by atoms with van der Waals surface area (Å²) < 4.78 is 0. The van der Waals surface area contributed by atoms with Gasteiger partial charge in [0.1, 0.15) is 5.82 Å². The van der Waals surface area contributed by atoms with Crippen LogP contribution in [0.3, 0.4) is 0 Å². The van der Waals surface area contributed by atoms with Crippen molar-refractivity contribution in [3.05, 3.63) is 24.4 Å². The number of hydrogen-bond donors (Lipinski definition) is 0. The highest BCUT2D eigenvalue weighted by Crippen LogP contribution is 2.20. The van der Waals surface area contributed by atoms with Crippen molar-refractivity contribution in [1.29, 1.82) is 0 Å². The van der Waals surface area contributed by atoms with Gasteiger partial charge in [0, 0.05) is 13.1 Å². The third-order valence-electron chi connectivity index (χ3n) is 2.58. The molecule has 0 aromatic carbocycles. The van der Waals surface area contributed by atoms with Gasteiger partial charge in [-0.05, 0) is 30.9 Å². The molecule has 2 rings (SSSR count). The molecule has 2 heteroatoms. The van der Waals surface area contributed by atoms with Crippen LogP contribution in [0.4, 0.5) is 5.82 Å². The van der Waals surface area contributed by atoms with Crippen LogP contribution < -0.4 is 4.90 Å². The number of rotatable bonds is 1. The summed E-state index contributed by atoms with van der Waals surface area (Å²) in [5.74, 6) is 1.88. The van der Waals surface area contributed by atoms with Crippen LogP contribution >= 0.6 is 0 Å². The van der Waals surface area contributed by atoms with Crippen molar-refractivity contribution in [1.82, 2.24) is 4.98 Å². The summed E-state index contributed by atoms with van der Waals surface area (Å²) in [6.07, 6.45) is 5.53. The molecule has 1 fully saturated rings. The molecule has 69 valence electrons. The molecule has 1 aliphatic heterocycles. The van der Waals surface area contributed by atoms with Crippen LogP contribution in [0.5, 0.6) is 0 Å². The highest BCUT2D eigenvalue weighted by Gasteiger charge is 2.16. The van der Waals surface area contributed by atoms with E-state index in [1.165, 1.54) is 12.8 Å². The summed E-state index contributed by atoms with van der Waals surface area (Å²) in [4.78, 5) is 6.59. The highest BCUT2D eigenvalue weighted by molar-refractivity contribution is 5.37. The van der Waals surface area contributed by atoms with Gasteiger partial charge in [-0.2, -0.15) is 0 Å². The second kappa shape index (κ2) is 3.77. The maximum atomic E-state index is 4.24. The van der Waals surface area contributed by atoms with E-state index in [1.54, 1.807) is 0 Å². The van der Waals surface area contributed by atoms with Gasteiger partial charge in [0.15, 0.2) is 0 Å². The Hall–Kier alpha value is -1.05. The fraction of sp³-hybridized carbons (Fsp3) is 0.545. The Labute approximate surface area is 79.6 Å². The van der Waals surface area contributed by atoms with E-state index in [9.17, 15) is 0 Å². The van der Waals surface area contributed by atoms with Gasteiger partial charge in [0.05, 0.1) is 6.20 Å². The summed E-state index contributed by atoms with van der Waals surface area (Å²) in [5, 5.41) is 0. The molecule has 1 aromatic rings. The Morgan fingerprint density at radius 3 is 3.23 bits per heavy atom. The smallest absolute Gasteiger partial charge is 0.129 e. The first-order valence-electron chi connectivity index (χ1n) is 4.94. The maximum Gasteiger partial charge on any atom is 0.129 e. The number of piperidine rings is 1. The van der Waals surface area contributed by atoms with Crippen molar-refractivity contribution in [2.75, 3.05) is 18.0 Å². The quantitative estimate of drug-likeness (QED) is 0.650. The molecule has 0 aliphatic carbocycles. The molecule has 1 atom stereocenters. The molecule has 0 saturated carbocycles. The van der Waals surface area contributed by atoms with Crippen LogP contribution in [0.1, 0.15) is 19.8 Å². The van der Waals surface area contributed by atoms with E-state index < -0.39 is 0 Å². The van der Waals surface area contributed by atoms with E-state index in [0.717, 1.165) is 24.8 Å². The van der Waals surface area contributed by atoms with E-state index in [0.29, 0.717) is 0 Å². The van der Waals surface area contributed by atoms with Crippen molar-refractivity contribution in [2.45, 2.75) is 19.8 Å². The largest absolute Gasteiger partial charge is 0.356 e. The first-order chi connectivity index (χ1) is 6.36. The van der Waals surface area contributed by atoms with Gasteiger partial charge in [0.2, 0.25) is 0 Å². The predicted octanol–water partition coefficient (Wildman–Crippen LogP) is 2.12. The zero-order valence-corrected chi connectivity index (χ0v) is 8.03. The number of aromatic nitrogens is 1. The molecule has 0 N–H and O–H groups in total. The normalized spacial score (nSPS) is 23.2. The van der Waals surface area contributed by atoms with Crippen molar-refractivity contribution in [3.8, 4) is 0 Å². The van der Waals surface area contributed by atoms with Gasteiger partial charge in [0.25, 0.3) is 0 Å². The van der Waals surface area contributed by atoms with E-state index in [-0.39, 0.29) is 0 Å². The molecule has 1 aromatic heterocycles. The van der Waals surface area contributed by atoms with Crippen LogP contribution in [-0.2, 0) is 0 Å². The van der Waals surface area contributed by atoms with Crippen molar-refractivity contribution < 1.29 is 0 Å². The lowest BCUT2D eigenvalue weighted by Gasteiger charge is -2.31. The molecule has 0 amide bonds. The average molecular weight is 175 g/mol. The number of nitrogens with zero attached hydrogens (tertiary/aromatic N) is 2. The second-order valence-corrected chi connectivity index (χ2v) is 3.82. The minimum atomic E-state index is 0.802. The molecule has 1 radical (unpaired) electrons. The molecule has 13 heavy (non-hydrogen) atoms. The predicted molar refractivity (Wildman–Crippen MR) is 53.7 cm³/mol. The van der Waals surface area contributed by atoms with Gasteiger partial charge in [-0.25, -0.2) is 4.98 Å². The van der Waals surface area contributed by atoms with E-state index in [1.807, 2.05) is 12.1 Å². The molecule has 2 nitrogen and oxygen atoms in total. The molecule has 1 aliphatic rings. The lowest BCUT2D eigenvalue weighted by molar-refractivity contribution is 0.444. The zero-order chi connectivity index (χ0) is 9.10. The SMILES string of the molecule is CC1CCCN(c2ccc[c]n2)C1. The Morgan fingerprint density at radius 1 is 1.62 bits per heavy atom. The molecular formula is C11H15N2. The molecule has 0 bridgehead atoms. The molecule has 1 unspecified atom stereocenters. The maximum absolute atomic E-state index is 4.24. The topological polar surface area (TPSA) is 16.1 Å². The lowest BCUT2D eigenvalue weighted by Crippen LogP contribution is -2.34. The number of hydrogen-bond acceptors (Lipinski definition) is 2. The van der Waals surface area contributed by atoms with Crippen molar-refractivity contribution in [3.63, 3.8) is 0 Å². The summed E-state index contributed by atoms with van der Waals surface area (Å²) in [6.45, 7) is 4.60. The van der Waals surface area contributed by atoms with Crippen LogP contribution in [0.25, 0.3) is 0 Å². The van der Waals surface area contributed by atoms with Crippen LogP contribution in [0, 0.1) is 12.1 Å². The minimum absolute atomic E-state index is 0.802. The number of pyridine rings is 1. The Balaban J connectivity index is 2.08. The Kier molecular flexibility index (Phi) is 2.48. The Bertz CT molecular complexity index is 258. The van der Waals surface area contributed by atoms with Gasteiger partial charge in [-0.1, -0.05) is 13.0 Å². The first-order valence-corrected chi connectivity index (χ1v) is 4.94. The lowest BCUT2D eigenvalue weighted by atomic mass is 10.0. The Morgan fingerprint density at radius 2 is 2.54 bits per heavy atom. The third-order valence-corrected chi connectivity index (χ3v) is 2.58. The van der Waals surface area contributed by atoms with Gasteiger partial charge >= 0.3 is 0 Å².